The van der Waals surface area contributed by atoms with Crippen LogP contribution in [-0.4, -0.2) is 35.3 Å². The van der Waals surface area contributed by atoms with Gasteiger partial charge in [-0.2, -0.15) is 4.98 Å². The molecule has 0 saturated heterocycles. The molecule has 0 fully saturated rings. The zero-order chi connectivity index (χ0) is 10.2. The van der Waals surface area contributed by atoms with Crippen molar-refractivity contribution in [3.63, 3.8) is 0 Å². The van der Waals surface area contributed by atoms with Gasteiger partial charge in [0.1, 0.15) is 5.82 Å². The minimum Gasteiger partial charge on any atom is -0.396 e. The first-order chi connectivity index (χ1) is 6.86. The first-order valence-electron chi connectivity index (χ1n) is 4.72. The van der Waals surface area contributed by atoms with Gasteiger partial charge in [-0.1, -0.05) is 0 Å². The van der Waals surface area contributed by atoms with Crippen LogP contribution in [-0.2, 0) is 0 Å². The summed E-state index contributed by atoms with van der Waals surface area (Å²) in [7, 11) is 1.78. The summed E-state index contributed by atoms with van der Waals surface area (Å²) in [6.07, 6.45) is 3.46. The Hall–Kier alpha value is -1.36. The molecular weight excluding hydrogens is 180 g/mol. The fraction of sp³-hybridized carbons (Fsp3) is 0.556. The number of hydrogen-bond acceptors (Lipinski definition) is 5. The van der Waals surface area contributed by atoms with Gasteiger partial charge in [0, 0.05) is 26.4 Å². The fourth-order valence-electron chi connectivity index (χ4n) is 1.03. The normalized spacial score (nSPS) is 9.86. The van der Waals surface area contributed by atoms with E-state index in [2.05, 4.69) is 20.6 Å². The molecule has 0 spiro atoms. The molecular formula is C9H16N4O. The number of aliphatic hydroxyl groups excluding tert-OH is 1. The van der Waals surface area contributed by atoms with E-state index in [1.165, 1.54) is 0 Å². The minimum atomic E-state index is 0.243. The van der Waals surface area contributed by atoms with Crippen LogP contribution in [0.3, 0.4) is 0 Å². The zero-order valence-electron chi connectivity index (χ0n) is 8.32. The number of rotatable bonds is 6. The van der Waals surface area contributed by atoms with Crippen LogP contribution < -0.4 is 10.6 Å². The molecule has 0 unspecified atom stereocenters. The van der Waals surface area contributed by atoms with Crippen molar-refractivity contribution in [2.75, 3.05) is 30.8 Å². The van der Waals surface area contributed by atoms with E-state index in [1.807, 2.05) is 6.07 Å². The van der Waals surface area contributed by atoms with Gasteiger partial charge in [-0.15, -0.1) is 0 Å². The lowest BCUT2D eigenvalue weighted by Gasteiger charge is -2.05. The van der Waals surface area contributed by atoms with Crippen LogP contribution in [0.4, 0.5) is 11.8 Å². The molecule has 0 radical (unpaired) electrons. The molecule has 0 aliphatic carbocycles. The van der Waals surface area contributed by atoms with Crippen molar-refractivity contribution >= 4 is 11.8 Å². The minimum absolute atomic E-state index is 0.243. The molecule has 1 heterocycles. The molecule has 14 heavy (non-hydrogen) atoms. The summed E-state index contributed by atoms with van der Waals surface area (Å²) < 4.78 is 0. The van der Waals surface area contributed by atoms with E-state index in [9.17, 15) is 0 Å². The summed E-state index contributed by atoms with van der Waals surface area (Å²) in [5, 5.41) is 14.6. The Morgan fingerprint density at radius 1 is 1.43 bits per heavy atom. The van der Waals surface area contributed by atoms with Gasteiger partial charge in [-0.3, -0.25) is 0 Å². The van der Waals surface area contributed by atoms with Crippen molar-refractivity contribution in [3.05, 3.63) is 12.3 Å². The van der Waals surface area contributed by atoms with E-state index in [0.29, 0.717) is 5.95 Å². The van der Waals surface area contributed by atoms with Crippen LogP contribution in [0.15, 0.2) is 12.3 Å². The molecule has 3 N–H and O–H groups in total. The van der Waals surface area contributed by atoms with E-state index < -0.39 is 0 Å². The highest BCUT2D eigenvalue weighted by molar-refractivity contribution is 5.38. The summed E-state index contributed by atoms with van der Waals surface area (Å²) in [5.74, 6) is 1.42. The molecule has 0 atom stereocenters. The summed E-state index contributed by atoms with van der Waals surface area (Å²) in [4.78, 5) is 8.19. The van der Waals surface area contributed by atoms with E-state index in [-0.39, 0.29) is 6.61 Å². The van der Waals surface area contributed by atoms with Gasteiger partial charge in [0.15, 0.2) is 0 Å². The summed E-state index contributed by atoms with van der Waals surface area (Å²) in [6.45, 7) is 1.06. The number of unbranched alkanes of at least 4 members (excludes halogenated alkanes) is 1. The van der Waals surface area contributed by atoms with Crippen molar-refractivity contribution < 1.29 is 5.11 Å². The lowest BCUT2D eigenvalue weighted by atomic mass is 10.3. The highest BCUT2D eigenvalue weighted by Gasteiger charge is 1.95. The van der Waals surface area contributed by atoms with E-state index >= 15 is 0 Å². The first-order valence-corrected chi connectivity index (χ1v) is 4.72. The van der Waals surface area contributed by atoms with Gasteiger partial charge >= 0.3 is 0 Å². The van der Waals surface area contributed by atoms with Gasteiger partial charge < -0.3 is 15.7 Å². The molecule has 0 amide bonds. The van der Waals surface area contributed by atoms with Gasteiger partial charge in [0.2, 0.25) is 5.95 Å². The Morgan fingerprint density at radius 2 is 2.29 bits per heavy atom. The number of aromatic nitrogens is 2. The number of nitrogens with zero attached hydrogens (tertiary/aromatic N) is 2. The number of nitrogens with one attached hydrogen (secondary N) is 2. The highest BCUT2D eigenvalue weighted by atomic mass is 16.2. The average molecular weight is 196 g/mol. The zero-order valence-corrected chi connectivity index (χ0v) is 8.32. The second-order valence-electron chi connectivity index (χ2n) is 2.87. The van der Waals surface area contributed by atoms with Gasteiger partial charge in [-0.25, -0.2) is 4.98 Å². The van der Waals surface area contributed by atoms with Crippen molar-refractivity contribution in [2.45, 2.75) is 12.8 Å². The number of anilines is 2. The van der Waals surface area contributed by atoms with Crippen LogP contribution in [0, 0.1) is 0 Å². The van der Waals surface area contributed by atoms with Crippen molar-refractivity contribution in [2.24, 2.45) is 0 Å². The molecule has 5 heteroatoms. The van der Waals surface area contributed by atoms with Gasteiger partial charge in [0.05, 0.1) is 0 Å². The van der Waals surface area contributed by atoms with E-state index in [4.69, 9.17) is 5.11 Å². The Bertz CT molecular complexity index is 267. The fourth-order valence-corrected chi connectivity index (χ4v) is 1.03. The average Bonchev–Trinajstić information content (AvgIpc) is 2.25. The Morgan fingerprint density at radius 3 is 3.00 bits per heavy atom. The maximum atomic E-state index is 8.58. The van der Waals surface area contributed by atoms with Crippen molar-refractivity contribution in [3.8, 4) is 0 Å². The lowest BCUT2D eigenvalue weighted by Crippen LogP contribution is -2.05. The quantitative estimate of drug-likeness (QED) is 0.584. The largest absolute Gasteiger partial charge is 0.396 e. The Kier molecular flexibility index (Phi) is 4.71. The smallest absolute Gasteiger partial charge is 0.224 e. The third-order valence-electron chi connectivity index (χ3n) is 1.77. The van der Waals surface area contributed by atoms with Crippen LogP contribution in [0.5, 0.6) is 0 Å². The maximum Gasteiger partial charge on any atom is 0.224 e. The van der Waals surface area contributed by atoms with Gasteiger partial charge in [-0.05, 0) is 18.9 Å². The Balaban J connectivity index is 2.34. The highest BCUT2D eigenvalue weighted by Crippen LogP contribution is 2.04. The van der Waals surface area contributed by atoms with Crippen molar-refractivity contribution in [1.82, 2.24) is 9.97 Å². The molecule has 5 nitrogen and oxygen atoms in total. The van der Waals surface area contributed by atoms with Crippen LogP contribution >= 0.6 is 0 Å². The van der Waals surface area contributed by atoms with Crippen LogP contribution in [0.2, 0.25) is 0 Å². The summed E-state index contributed by atoms with van der Waals surface area (Å²) in [6, 6.07) is 1.82. The van der Waals surface area contributed by atoms with Gasteiger partial charge in [0.25, 0.3) is 0 Å². The molecule has 0 aromatic carbocycles. The van der Waals surface area contributed by atoms with Crippen LogP contribution in [0.1, 0.15) is 12.8 Å². The summed E-state index contributed by atoms with van der Waals surface area (Å²) >= 11 is 0. The first kappa shape index (κ1) is 10.7. The van der Waals surface area contributed by atoms with E-state index in [1.54, 1.807) is 13.2 Å². The predicted octanol–water partition coefficient (Wildman–Crippen LogP) is 0.703. The molecule has 1 aromatic heterocycles. The molecule has 1 aromatic rings. The van der Waals surface area contributed by atoms with Crippen molar-refractivity contribution in [1.29, 1.82) is 0 Å². The maximum absolute atomic E-state index is 8.58. The third kappa shape index (κ3) is 3.57. The lowest BCUT2D eigenvalue weighted by molar-refractivity contribution is 0.286. The number of aliphatic hydroxyl groups is 1. The third-order valence-corrected chi connectivity index (χ3v) is 1.77. The molecule has 0 aliphatic heterocycles. The molecule has 0 bridgehead atoms. The molecule has 78 valence electrons. The molecule has 0 saturated carbocycles. The second kappa shape index (κ2) is 6.15. The van der Waals surface area contributed by atoms with E-state index in [0.717, 1.165) is 25.2 Å². The predicted molar refractivity (Wildman–Crippen MR) is 56.4 cm³/mol. The molecule has 1 rings (SSSR count). The SMILES string of the molecule is CNc1nccc(NCCCCO)n1. The summed E-state index contributed by atoms with van der Waals surface area (Å²) in [5.41, 5.74) is 0. The monoisotopic (exact) mass is 196 g/mol. The topological polar surface area (TPSA) is 70.1 Å². The number of hydrogen-bond donors (Lipinski definition) is 3. The second-order valence-corrected chi connectivity index (χ2v) is 2.87. The molecule has 0 aliphatic rings. The van der Waals surface area contributed by atoms with Crippen LogP contribution in [0.25, 0.3) is 0 Å². The standard InChI is InChI=1S/C9H16N4O/c1-10-9-12-6-4-8(13-9)11-5-2-3-7-14/h4,6,14H,2-3,5,7H2,1H3,(H2,10,11,12,13). The Labute approximate surface area is 83.6 Å².